The lowest BCUT2D eigenvalue weighted by Gasteiger charge is -2.39. The van der Waals surface area contributed by atoms with Crippen LogP contribution in [-0.2, 0) is 11.2 Å². The van der Waals surface area contributed by atoms with E-state index in [1.807, 2.05) is 24.3 Å². The second kappa shape index (κ2) is 6.94. The van der Waals surface area contributed by atoms with Gasteiger partial charge in [-0.05, 0) is 24.8 Å². The van der Waals surface area contributed by atoms with Gasteiger partial charge in [0, 0.05) is 5.56 Å². The molecule has 0 saturated heterocycles. The fourth-order valence-electron chi connectivity index (χ4n) is 3.32. The molecule has 1 fully saturated rings. The van der Waals surface area contributed by atoms with Gasteiger partial charge in [0.05, 0.1) is 25.7 Å². The van der Waals surface area contributed by atoms with Gasteiger partial charge < -0.3 is 15.2 Å². The molecule has 1 amide bonds. The summed E-state index contributed by atoms with van der Waals surface area (Å²) in [6.45, 7) is 2.19. The Morgan fingerprint density at radius 1 is 1.48 bits per heavy atom. The molecule has 0 aromatic heterocycles. The van der Waals surface area contributed by atoms with Crippen molar-refractivity contribution in [2.24, 2.45) is 5.92 Å². The third-order valence-electron chi connectivity index (χ3n) is 4.34. The molecule has 1 saturated carbocycles. The smallest absolute Gasteiger partial charge is 0.225 e. The van der Waals surface area contributed by atoms with Gasteiger partial charge in [-0.2, -0.15) is 0 Å². The highest BCUT2D eigenvalue weighted by molar-refractivity contribution is 5.80. The molecule has 0 aliphatic heterocycles. The van der Waals surface area contributed by atoms with Crippen LogP contribution in [0.5, 0.6) is 5.75 Å². The van der Waals surface area contributed by atoms with Crippen LogP contribution in [0.25, 0.3) is 0 Å². The van der Waals surface area contributed by atoms with Crippen molar-refractivity contribution in [1.82, 2.24) is 5.32 Å². The first-order valence-electron chi connectivity index (χ1n) is 7.62. The summed E-state index contributed by atoms with van der Waals surface area (Å²) in [5.41, 5.74) is 0.422. The fraction of sp³-hybridized carbons (Fsp3) is 0.588. The average Bonchev–Trinajstić information content (AvgIpc) is 2.47. The van der Waals surface area contributed by atoms with E-state index in [1.54, 1.807) is 7.11 Å². The number of amides is 1. The zero-order valence-electron chi connectivity index (χ0n) is 12.9. The van der Waals surface area contributed by atoms with Gasteiger partial charge in [0.2, 0.25) is 5.91 Å². The minimum atomic E-state index is -0.448. The highest BCUT2D eigenvalue weighted by Crippen LogP contribution is 2.32. The Morgan fingerprint density at radius 3 is 2.90 bits per heavy atom. The first-order valence-corrected chi connectivity index (χ1v) is 7.62. The summed E-state index contributed by atoms with van der Waals surface area (Å²) in [4.78, 5) is 12.3. The van der Waals surface area contributed by atoms with E-state index >= 15 is 0 Å². The molecule has 1 aliphatic rings. The van der Waals surface area contributed by atoms with Gasteiger partial charge >= 0.3 is 0 Å². The van der Waals surface area contributed by atoms with Crippen molar-refractivity contribution in [1.29, 1.82) is 0 Å². The van der Waals surface area contributed by atoms with Crippen LogP contribution in [0.4, 0.5) is 0 Å². The van der Waals surface area contributed by atoms with E-state index < -0.39 is 5.54 Å². The lowest BCUT2D eigenvalue weighted by atomic mass is 9.76. The van der Waals surface area contributed by atoms with Crippen LogP contribution in [0.3, 0.4) is 0 Å². The molecule has 0 bridgehead atoms. The van der Waals surface area contributed by atoms with E-state index in [-0.39, 0.29) is 18.9 Å². The van der Waals surface area contributed by atoms with Crippen LogP contribution in [0.2, 0.25) is 0 Å². The standard InChI is InChI=1S/C17H25NO3/c1-13-6-5-9-17(11-13,12-19)18-16(20)10-14-7-3-4-8-15(14)21-2/h3-4,7-8,13,19H,5-6,9-12H2,1-2H3,(H,18,20). The van der Waals surface area contributed by atoms with E-state index in [0.717, 1.165) is 30.6 Å². The molecule has 4 nitrogen and oxygen atoms in total. The average molecular weight is 291 g/mol. The predicted molar refractivity (Wildman–Crippen MR) is 82.3 cm³/mol. The largest absolute Gasteiger partial charge is 0.496 e. The Labute approximate surface area is 126 Å². The molecule has 2 N–H and O–H groups in total. The number of ether oxygens (including phenoxy) is 1. The number of para-hydroxylation sites is 1. The summed E-state index contributed by atoms with van der Waals surface area (Å²) >= 11 is 0. The predicted octanol–water partition coefficient (Wildman–Crippen LogP) is 2.30. The summed E-state index contributed by atoms with van der Waals surface area (Å²) in [6, 6.07) is 7.54. The Kier molecular flexibility index (Phi) is 5.23. The zero-order chi connectivity index (χ0) is 15.3. The molecule has 1 aromatic carbocycles. The van der Waals surface area contributed by atoms with Crippen LogP contribution in [0.15, 0.2) is 24.3 Å². The van der Waals surface area contributed by atoms with E-state index in [9.17, 15) is 9.90 Å². The molecule has 1 aromatic rings. The topological polar surface area (TPSA) is 58.6 Å². The van der Waals surface area contributed by atoms with Crippen LogP contribution < -0.4 is 10.1 Å². The van der Waals surface area contributed by atoms with Gasteiger partial charge in [0.15, 0.2) is 0 Å². The van der Waals surface area contributed by atoms with Gasteiger partial charge in [-0.1, -0.05) is 38.0 Å². The number of benzene rings is 1. The van der Waals surface area contributed by atoms with Gasteiger partial charge in [-0.15, -0.1) is 0 Å². The molecule has 21 heavy (non-hydrogen) atoms. The van der Waals surface area contributed by atoms with Gasteiger partial charge in [0.1, 0.15) is 5.75 Å². The maximum Gasteiger partial charge on any atom is 0.225 e. The molecule has 2 atom stereocenters. The van der Waals surface area contributed by atoms with Gasteiger partial charge in [-0.25, -0.2) is 0 Å². The number of hydrogen-bond acceptors (Lipinski definition) is 3. The summed E-state index contributed by atoms with van der Waals surface area (Å²) in [6.07, 6.45) is 4.20. The number of methoxy groups -OCH3 is 1. The molecule has 2 unspecified atom stereocenters. The van der Waals surface area contributed by atoms with E-state index in [0.29, 0.717) is 5.92 Å². The molecule has 0 spiro atoms. The normalized spacial score (nSPS) is 25.4. The lowest BCUT2D eigenvalue weighted by molar-refractivity contribution is -0.123. The Morgan fingerprint density at radius 2 is 2.24 bits per heavy atom. The molecule has 1 aliphatic carbocycles. The molecule has 4 heteroatoms. The highest BCUT2D eigenvalue weighted by atomic mass is 16.5. The maximum atomic E-state index is 12.3. The first kappa shape index (κ1) is 15.8. The number of rotatable bonds is 5. The Bertz CT molecular complexity index is 489. The maximum absolute atomic E-state index is 12.3. The SMILES string of the molecule is COc1ccccc1CC(=O)NC1(CO)CCCC(C)C1. The van der Waals surface area contributed by atoms with Crippen molar-refractivity contribution in [3.8, 4) is 5.75 Å². The third kappa shape index (κ3) is 3.97. The van der Waals surface area contributed by atoms with E-state index in [1.165, 1.54) is 6.42 Å². The minimum Gasteiger partial charge on any atom is -0.496 e. The molecule has 0 radical (unpaired) electrons. The van der Waals surface area contributed by atoms with E-state index in [2.05, 4.69) is 12.2 Å². The molecule has 116 valence electrons. The molecule has 2 rings (SSSR count). The number of carbonyl (C=O) groups excluding carboxylic acids is 1. The summed E-state index contributed by atoms with van der Waals surface area (Å²) in [5.74, 6) is 1.21. The molecular formula is C17H25NO3. The van der Waals surface area contributed by atoms with Crippen LogP contribution in [-0.4, -0.2) is 30.3 Å². The lowest BCUT2D eigenvalue weighted by Crippen LogP contribution is -2.54. The minimum absolute atomic E-state index is 0.00893. The Hall–Kier alpha value is -1.55. The first-order chi connectivity index (χ1) is 10.1. The molecule has 0 heterocycles. The van der Waals surface area contributed by atoms with Crippen LogP contribution in [0.1, 0.15) is 38.2 Å². The number of aliphatic hydroxyl groups is 1. The quantitative estimate of drug-likeness (QED) is 0.875. The van der Waals surface area contributed by atoms with Crippen LogP contribution in [0, 0.1) is 5.92 Å². The van der Waals surface area contributed by atoms with Crippen molar-refractivity contribution in [2.45, 2.75) is 44.6 Å². The fourth-order valence-corrected chi connectivity index (χ4v) is 3.32. The second-order valence-corrected chi connectivity index (χ2v) is 6.18. The molecular weight excluding hydrogens is 266 g/mol. The van der Waals surface area contributed by atoms with Crippen molar-refractivity contribution in [3.05, 3.63) is 29.8 Å². The van der Waals surface area contributed by atoms with E-state index in [4.69, 9.17) is 4.74 Å². The number of nitrogens with one attached hydrogen (secondary N) is 1. The zero-order valence-corrected chi connectivity index (χ0v) is 12.9. The monoisotopic (exact) mass is 291 g/mol. The number of hydrogen-bond donors (Lipinski definition) is 2. The van der Waals surface area contributed by atoms with Gasteiger partial charge in [0.25, 0.3) is 0 Å². The third-order valence-corrected chi connectivity index (χ3v) is 4.34. The second-order valence-electron chi connectivity index (χ2n) is 6.18. The van der Waals surface area contributed by atoms with Crippen molar-refractivity contribution in [3.63, 3.8) is 0 Å². The van der Waals surface area contributed by atoms with Crippen molar-refractivity contribution >= 4 is 5.91 Å². The van der Waals surface area contributed by atoms with Crippen LogP contribution >= 0.6 is 0 Å². The summed E-state index contributed by atoms with van der Waals surface area (Å²) in [7, 11) is 1.61. The number of carbonyl (C=O) groups is 1. The van der Waals surface area contributed by atoms with Crippen molar-refractivity contribution < 1.29 is 14.6 Å². The number of aliphatic hydroxyl groups excluding tert-OH is 1. The van der Waals surface area contributed by atoms with Gasteiger partial charge in [-0.3, -0.25) is 4.79 Å². The van der Waals surface area contributed by atoms with Crippen molar-refractivity contribution in [2.75, 3.05) is 13.7 Å². The summed E-state index contributed by atoms with van der Waals surface area (Å²) < 4.78 is 5.28. The summed E-state index contributed by atoms with van der Waals surface area (Å²) in [5, 5.41) is 12.8. The highest BCUT2D eigenvalue weighted by Gasteiger charge is 2.35. The Balaban J connectivity index is 2.03.